The summed E-state index contributed by atoms with van der Waals surface area (Å²) in [6.07, 6.45) is 3.17. The third kappa shape index (κ3) is 5.03. The smallest absolute Gasteiger partial charge is 0.318 e. The molecule has 0 aromatic heterocycles. The molecule has 0 spiro atoms. The summed E-state index contributed by atoms with van der Waals surface area (Å²) in [5.41, 5.74) is 0.753. The first-order chi connectivity index (χ1) is 14.0. The Morgan fingerprint density at radius 2 is 1.48 bits per heavy atom. The number of nitriles is 1. The standard InChI is InChI=1S/C24H26N2O3/c1-18(22(27)26-24(17-25)15-9-4-10-16-24)29-23(28)21(19-11-5-2-6-12-19)20-13-7-3-8-14-20/h2-3,5-8,11-14,18,21H,4,9-10,15-16H2,1H3,(H,26,27)/t18-/m0/s1. The van der Waals surface area contributed by atoms with E-state index in [4.69, 9.17) is 4.74 Å². The van der Waals surface area contributed by atoms with Crippen molar-refractivity contribution in [3.05, 3.63) is 71.8 Å². The van der Waals surface area contributed by atoms with Crippen molar-refractivity contribution in [2.75, 3.05) is 0 Å². The molecule has 0 bridgehead atoms. The molecule has 2 aromatic carbocycles. The fourth-order valence-corrected chi connectivity index (χ4v) is 3.81. The van der Waals surface area contributed by atoms with Crippen LogP contribution in [0.3, 0.4) is 0 Å². The maximum Gasteiger partial charge on any atom is 0.318 e. The van der Waals surface area contributed by atoms with Crippen LogP contribution in [-0.4, -0.2) is 23.5 Å². The predicted molar refractivity (Wildman–Crippen MR) is 110 cm³/mol. The molecule has 0 radical (unpaired) electrons. The maximum absolute atomic E-state index is 13.0. The zero-order valence-corrected chi connectivity index (χ0v) is 16.6. The van der Waals surface area contributed by atoms with Gasteiger partial charge in [0.05, 0.1) is 6.07 Å². The van der Waals surface area contributed by atoms with Crippen molar-refractivity contribution < 1.29 is 14.3 Å². The molecule has 3 rings (SSSR count). The van der Waals surface area contributed by atoms with Gasteiger partial charge in [-0.15, -0.1) is 0 Å². The summed E-state index contributed by atoms with van der Waals surface area (Å²) in [6.45, 7) is 1.55. The minimum atomic E-state index is -0.982. The minimum absolute atomic E-state index is 0.429. The molecule has 1 amide bonds. The number of esters is 1. The number of benzene rings is 2. The van der Waals surface area contributed by atoms with Gasteiger partial charge in [0.25, 0.3) is 5.91 Å². The van der Waals surface area contributed by atoms with Crippen LogP contribution in [0.25, 0.3) is 0 Å². The molecule has 0 aliphatic heterocycles. The van der Waals surface area contributed by atoms with Crippen LogP contribution in [0, 0.1) is 11.3 Å². The van der Waals surface area contributed by atoms with Crippen LogP contribution in [0.2, 0.25) is 0 Å². The lowest BCUT2D eigenvalue weighted by atomic mass is 9.82. The molecule has 1 aliphatic rings. The largest absolute Gasteiger partial charge is 0.452 e. The number of amides is 1. The number of rotatable bonds is 6. The van der Waals surface area contributed by atoms with Gasteiger partial charge in [-0.05, 0) is 30.9 Å². The Morgan fingerprint density at radius 3 is 1.97 bits per heavy atom. The number of carbonyl (C=O) groups is 2. The fraction of sp³-hybridized carbons (Fsp3) is 0.375. The van der Waals surface area contributed by atoms with Crippen LogP contribution >= 0.6 is 0 Å². The second-order valence-corrected chi connectivity index (χ2v) is 7.58. The molecule has 1 fully saturated rings. The van der Waals surface area contributed by atoms with Gasteiger partial charge in [0, 0.05) is 0 Å². The topological polar surface area (TPSA) is 79.2 Å². The summed E-state index contributed by atoms with van der Waals surface area (Å²) in [4.78, 5) is 25.7. The molecule has 0 saturated heterocycles. The van der Waals surface area contributed by atoms with Crippen LogP contribution in [0.5, 0.6) is 0 Å². The monoisotopic (exact) mass is 390 g/mol. The van der Waals surface area contributed by atoms with Crippen molar-refractivity contribution in [3.8, 4) is 6.07 Å². The van der Waals surface area contributed by atoms with Gasteiger partial charge in [0.15, 0.2) is 6.10 Å². The van der Waals surface area contributed by atoms with Gasteiger partial charge in [-0.25, -0.2) is 0 Å². The van der Waals surface area contributed by atoms with E-state index in [1.54, 1.807) is 6.92 Å². The normalized spacial score (nSPS) is 16.4. The van der Waals surface area contributed by atoms with Crippen molar-refractivity contribution in [1.82, 2.24) is 5.32 Å². The lowest BCUT2D eigenvalue weighted by molar-refractivity contribution is -0.156. The Bertz CT molecular complexity index is 829. The summed E-state index contributed by atoms with van der Waals surface area (Å²) >= 11 is 0. The number of ether oxygens (including phenoxy) is 1. The van der Waals surface area contributed by atoms with E-state index >= 15 is 0 Å². The first-order valence-electron chi connectivity index (χ1n) is 10.1. The van der Waals surface area contributed by atoms with Gasteiger partial charge in [0.2, 0.25) is 0 Å². The molecule has 1 saturated carbocycles. The van der Waals surface area contributed by atoms with Gasteiger partial charge in [-0.1, -0.05) is 79.9 Å². The van der Waals surface area contributed by atoms with E-state index in [1.165, 1.54) is 0 Å². The van der Waals surface area contributed by atoms with Crippen molar-refractivity contribution in [3.63, 3.8) is 0 Å². The molecule has 0 unspecified atom stereocenters. The van der Waals surface area contributed by atoms with Gasteiger partial charge in [-0.3, -0.25) is 9.59 Å². The van der Waals surface area contributed by atoms with Crippen molar-refractivity contribution in [1.29, 1.82) is 5.26 Å². The van der Waals surface area contributed by atoms with Crippen molar-refractivity contribution in [2.24, 2.45) is 0 Å². The second kappa shape index (κ2) is 9.38. The minimum Gasteiger partial charge on any atom is -0.452 e. The highest BCUT2D eigenvalue weighted by atomic mass is 16.5. The average Bonchev–Trinajstić information content (AvgIpc) is 2.76. The zero-order valence-electron chi connectivity index (χ0n) is 16.6. The number of nitrogens with zero attached hydrogens (tertiary/aromatic N) is 1. The van der Waals surface area contributed by atoms with Crippen LogP contribution < -0.4 is 5.32 Å². The Kier molecular flexibility index (Phi) is 6.66. The maximum atomic E-state index is 13.0. The molecule has 5 nitrogen and oxygen atoms in total. The Balaban J connectivity index is 1.74. The summed E-state index contributed by atoms with van der Waals surface area (Å²) in [7, 11) is 0. The molecule has 2 aromatic rings. The number of carbonyl (C=O) groups excluding carboxylic acids is 2. The van der Waals surface area contributed by atoms with E-state index in [0.29, 0.717) is 12.8 Å². The van der Waals surface area contributed by atoms with E-state index < -0.39 is 29.4 Å². The lowest BCUT2D eigenvalue weighted by Crippen LogP contribution is -2.52. The second-order valence-electron chi connectivity index (χ2n) is 7.58. The van der Waals surface area contributed by atoms with Crippen LogP contribution in [-0.2, 0) is 14.3 Å². The Hall–Kier alpha value is -3.13. The zero-order chi connectivity index (χ0) is 20.7. The summed E-state index contributed by atoms with van der Waals surface area (Å²) < 4.78 is 5.55. The van der Waals surface area contributed by atoms with Crippen molar-refractivity contribution >= 4 is 11.9 Å². The van der Waals surface area contributed by atoms with Gasteiger partial charge >= 0.3 is 5.97 Å². The molecule has 150 valence electrons. The lowest BCUT2D eigenvalue weighted by Gasteiger charge is -2.32. The van der Waals surface area contributed by atoms with Gasteiger partial charge in [-0.2, -0.15) is 5.26 Å². The molecule has 1 N–H and O–H groups in total. The SMILES string of the molecule is C[C@H](OC(=O)C(c1ccccc1)c1ccccc1)C(=O)NC1(C#N)CCCCC1. The van der Waals surface area contributed by atoms with E-state index in [0.717, 1.165) is 30.4 Å². The number of hydrogen-bond donors (Lipinski definition) is 1. The highest BCUT2D eigenvalue weighted by Crippen LogP contribution is 2.29. The van der Waals surface area contributed by atoms with Crippen LogP contribution in [0.4, 0.5) is 0 Å². The number of nitrogens with one attached hydrogen (secondary N) is 1. The number of hydrogen-bond acceptors (Lipinski definition) is 4. The molecule has 29 heavy (non-hydrogen) atoms. The van der Waals surface area contributed by atoms with Gasteiger partial charge < -0.3 is 10.1 Å². The van der Waals surface area contributed by atoms with Gasteiger partial charge in [0.1, 0.15) is 11.5 Å². The molecule has 5 heteroatoms. The summed E-state index contributed by atoms with van der Waals surface area (Å²) in [6, 6.07) is 21.0. The highest BCUT2D eigenvalue weighted by Gasteiger charge is 2.36. The quantitative estimate of drug-likeness (QED) is 0.754. The van der Waals surface area contributed by atoms with Crippen LogP contribution in [0.1, 0.15) is 56.1 Å². The third-order valence-corrected chi connectivity index (χ3v) is 5.45. The highest BCUT2D eigenvalue weighted by molar-refractivity contribution is 5.87. The van der Waals surface area contributed by atoms with E-state index in [-0.39, 0.29) is 0 Å². The Labute approximate surface area is 171 Å². The molecular weight excluding hydrogens is 364 g/mol. The van der Waals surface area contributed by atoms with Crippen molar-refractivity contribution in [2.45, 2.75) is 56.6 Å². The average molecular weight is 390 g/mol. The first-order valence-corrected chi connectivity index (χ1v) is 10.1. The predicted octanol–water partition coefficient (Wildman–Crippen LogP) is 4.09. The molecule has 0 heterocycles. The van der Waals surface area contributed by atoms with E-state index in [1.807, 2.05) is 60.7 Å². The fourth-order valence-electron chi connectivity index (χ4n) is 3.81. The summed E-state index contributed by atoms with van der Waals surface area (Å²) in [5, 5.41) is 12.4. The molecule has 1 aliphatic carbocycles. The third-order valence-electron chi connectivity index (χ3n) is 5.45. The summed E-state index contributed by atoms with van der Waals surface area (Å²) in [5.74, 6) is -1.53. The first kappa shape index (κ1) is 20.6. The van der Waals surface area contributed by atoms with Crippen LogP contribution in [0.15, 0.2) is 60.7 Å². The van der Waals surface area contributed by atoms with E-state index in [9.17, 15) is 14.9 Å². The molecular formula is C24H26N2O3. The van der Waals surface area contributed by atoms with E-state index in [2.05, 4.69) is 11.4 Å². The Morgan fingerprint density at radius 1 is 0.966 bits per heavy atom. The molecule has 1 atom stereocenters.